The number of fused-ring (bicyclic) bond motifs is 1. The summed E-state index contributed by atoms with van der Waals surface area (Å²) in [4.78, 5) is 26.3. The van der Waals surface area contributed by atoms with E-state index >= 15 is 0 Å². The molecule has 0 radical (unpaired) electrons. The Morgan fingerprint density at radius 3 is 2.81 bits per heavy atom. The Morgan fingerprint density at radius 1 is 1.22 bits per heavy atom. The fourth-order valence-corrected chi connectivity index (χ4v) is 6.19. The Morgan fingerprint density at radius 2 is 2.06 bits per heavy atom. The Balaban J connectivity index is 1.24. The lowest BCUT2D eigenvalue weighted by molar-refractivity contribution is 0.0689. The van der Waals surface area contributed by atoms with Crippen LogP contribution in [0.3, 0.4) is 0 Å². The van der Waals surface area contributed by atoms with Crippen LogP contribution in [-0.4, -0.2) is 50.7 Å². The van der Waals surface area contributed by atoms with Gasteiger partial charge in [0.15, 0.2) is 11.0 Å². The third-order valence-corrected chi connectivity index (χ3v) is 8.02. The fourth-order valence-electron chi connectivity index (χ4n) is 4.09. The number of amides is 1. The number of thiophene rings is 1. The number of nitrogens with zero attached hydrogens (tertiary/aromatic N) is 4. The first-order chi connectivity index (χ1) is 15.7. The number of methoxy groups -OCH3 is 1. The first-order valence-corrected chi connectivity index (χ1v) is 12.3. The van der Waals surface area contributed by atoms with E-state index in [1.54, 1.807) is 18.4 Å². The van der Waals surface area contributed by atoms with Crippen molar-refractivity contribution in [3.05, 3.63) is 52.9 Å². The standard InChI is InChI=1S/C22H22N6O2S2/c1-30-14-9-15(19-24-18(26-27-19)12-7-8-12)28(11-14)21(29)17-10-16-20(31-17)25-22(32-16)23-13-5-3-2-4-6-13/h2-6,10,12,14-15H,7-9,11H2,1H3,(H,23,25)(H,24,26,27)/t14-,15+/m1/s1. The van der Waals surface area contributed by atoms with Gasteiger partial charge in [0, 0.05) is 31.7 Å². The molecule has 0 spiro atoms. The molecule has 2 aliphatic rings. The van der Waals surface area contributed by atoms with Gasteiger partial charge in [0.2, 0.25) is 0 Å². The highest BCUT2D eigenvalue weighted by Gasteiger charge is 2.40. The molecule has 6 rings (SSSR count). The van der Waals surface area contributed by atoms with Gasteiger partial charge in [0.05, 0.1) is 21.7 Å². The van der Waals surface area contributed by atoms with Crippen molar-refractivity contribution in [3.63, 3.8) is 0 Å². The van der Waals surface area contributed by atoms with Crippen molar-refractivity contribution < 1.29 is 9.53 Å². The molecule has 164 valence electrons. The largest absolute Gasteiger partial charge is 0.380 e. The molecule has 1 aliphatic heterocycles. The smallest absolute Gasteiger partial charge is 0.264 e. The van der Waals surface area contributed by atoms with Crippen LogP contribution in [0, 0.1) is 0 Å². The molecular formula is C22H22N6O2S2. The number of hydrogen-bond donors (Lipinski definition) is 2. The minimum Gasteiger partial charge on any atom is -0.380 e. The van der Waals surface area contributed by atoms with Crippen molar-refractivity contribution in [2.75, 3.05) is 19.0 Å². The quantitative estimate of drug-likeness (QED) is 0.428. The monoisotopic (exact) mass is 466 g/mol. The Labute approximate surface area is 192 Å². The molecule has 2 fully saturated rings. The second-order valence-electron chi connectivity index (χ2n) is 8.21. The van der Waals surface area contributed by atoms with Crippen molar-refractivity contribution in [1.82, 2.24) is 25.1 Å². The SMILES string of the molecule is CO[C@@H]1C[C@@H](c2nc(C3CC3)n[nH]2)N(C(=O)c2cc3sc(Nc4ccccc4)nc3s2)C1. The summed E-state index contributed by atoms with van der Waals surface area (Å²) in [6.45, 7) is 0.541. The van der Waals surface area contributed by atoms with E-state index < -0.39 is 0 Å². The molecule has 0 unspecified atom stereocenters. The van der Waals surface area contributed by atoms with E-state index in [0.29, 0.717) is 23.8 Å². The van der Waals surface area contributed by atoms with Gasteiger partial charge in [0.25, 0.3) is 5.91 Å². The zero-order valence-electron chi connectivity index (χ0n) is 17.4. The number of thiazole rings is 1. The first-order valence-electron chi connectivity index (χ1n) is 10.7. The van der Waals surface area contributed by atoms with Crippen LogP contribution in [0.4, 0.5) is 10.8 Å². The predicted molar refractivity (Wildman–Crippen MR) is 125 cm³/mol. The zero-order valence-corrected chi connectivity index (χ0v) is 19.1. The van der Waals surface area contributed by atoms with Gasteiger partial charge in [-0.15, -0.1) is 11.3 Å². The summed E-state index contributed by atoms with van der Waals surface area (Å²) >= 11 is 2.98. The van der Waals surface area contributed by atoms with E-state index in [2.05, 4.69) is 20.5 Å². The Kier molecular flexibility index (Phi) is 4.93. The van der Waals surface area contributed by atoms with E-state index in [9.17, 15) is 4.79 Å². The van der Waals surface area contributed by atoms with Crippen LogP contribution in [0.25, 0.3) is 9.53 Å². The highest BCUT2D eigenvalue weighted by Crippen LogP contribution is 2.40. The van der Waals surface area contributed by atoms with E-state index in [0.717, 1.165) is 44.8 Å². The number of rotatable bonds is 6. The molecular weight excluding hydrogens is 444 g/mol. The van der Waals surface area contributed by atoms with Crippen molar-refractivity contribution >= 4 is 48.9 Å². The normalized spacial score (nSPS) is 20.8. The van der Waals surface area contributed by atoms with Crippen LogP contribution in [0.1, 0.15) is 52.5 Å². The minimum atomic E-state index is -0.157. The number of aromatic nitrogens is 4. The molecule has 1 saturated heterocycles. The van der Waals surface area contributed by atoms with Gasteiger partial charge in [0.1, 0.15) is 10.7 Å². The molecule has 32 heavy (non-hydrogen) atoms. The van der Waals surface area contributed by atoms with E-state index in [-0.39, 0.29) is 18.1 Å². The van der Waals surface area contributed by atoms with Gasteiger partial charge in [-0.05, 0) is 31.0 Å². The number of carbonyl (C=O) groups is 1. The van der Waals surface area contributed by atoms with Gasteiger partial charge < -0.3 is 15.0 Å². The third kappa shape index (κ3) is 3.68. The summed E-state index contributed by atoms with van der Waals surface area (Å²) in [5.74, 6) is 2.09. The van der Waals surface area contributed by atoms with Crippen molar-refractivity contribution in [3.8, 4) is 0 Å². The maximum absolute atomic E-state index is 13.5. The van der Waals surface area contributed by atoms with E-state index in [4.69, 9.17) is 9.72 Å². The molecule has 4 aromatic rings. The predicted octanol–water partition coefficient (Wildman–Crippen LogP) is 4.70. The second kappa shape index (κ2) is 7.95. The minimum absolute atomic E-state index is 0.00769. The lowest BCUT2D eigenvalue weighted by Crippen LogP contribution is -2.32. The van der Waals surface area contributed by atoms with E-state index in [1.807, 2.05) is 41.3 Å². The molecule has 4 heterocycles. The van der Waals surface area contributed by atoms with Crippen LogP contribution in [0.2, 0.25) is 0 Å². The van der Waals surface area contributed by atoms with Crippen LogP contribution < -0.4 is 5.32 Å². The second-order valence-corrected chi connectivity index (χ2v) is 10.3. The number of benzene rings is 1. The molecule has 10 heteroatoms. The zero-order chi connectivity index (χ0) is 21.7. The maximum atomic E-state index is 13.5. The topological polar surface area (TPSA) is 96.0 Å². The molecule has 3 aromatic heterocycles. The first kappa shape index (κ1) is 19.8. The summed E-state index contributed by atoms with van der Waals surface area (Å²) < 4.78 is 6.60. The van der Waals surface area contributed by atoms with Gasteiger partial charge in [-0.25, -0.2) is 9.97 Å². The molecule has 1 amide bonds. The number of hydrogen-bond acceptors (Lipinski definition) is 8. The van der Waals surface area contributed by atoms with Gasteiger partial charge in [-0.2, -0.15) is 5.10 Å². The number of likely N-dealkylation sites (tertiary alicyclic amines) is 1. The average Bonchev–Trinajstić information content (AvgIpc) is 3.15. The lowest BCUT2D eigenvalue weighted by atomic mass is 10.2. The Hall–Kier alpha value is -2.82. The average molecular weight is 467 g/mol. The van der Waals surface area contributed by atoms with E-state index in [1.165, 1.54) is 11.3 Å². The molecule has 0 bridgehead atoms. The highest BCUT2D eigenvalue weighted by molar-refractivity contribution is 7.29. The number of carbonyl (C=O) groups excluding carboxylic acids is 1. The molecule has 2 N–H and O–H groups in total. The number of H-pyrrole nitrogens is 1. The fraction of sp³-hybridized carbons (Fsp3) is 0.364. The molecule has 1 saturated carbocycles. The summed E-state index contributed by atoms with van der Waals surface area (Å²) in [6, 6.07) is 11.7. The summed E-state index contributed by atoms with van der Waals surface area (Å²) in [5.41, 5.74) is 0.994. The maximum Gasteiger partial charge on any atom is 0.264 e. The number of nitrogens with one attached hydrogen (secondary N) is 2. The summed E-state index contributed by atoms with van der Waals surface area (Å²) in [7, 11) is 1.69. The number of ether oxygens (including phenoxy) is 1. The molecule has 1 aliphatic carbocycles. The molecule has 1 aromatic carbocycles. The van der Waals surface area contributed by atoms with Crippen molar-refractivity contribution in [2.24, 2.45) is 0 Å². The van der Waals surface area contributed by atoms with Gasteiger partial charge in [-0.3, -0.25) is 9.89 Å². The number of aromatic amines is 1. The highest BCUT2D eigenvalue weighted by atomic mass is 32.1. The van der Waals surface area contributed by atoms with Crippen LogP contribution in [-0.2, 0) is 4.74 Å². The number of anilines is 2. The van der Waals surface area contributed by atoms with Crippen LogP contribution >= 0.6 is 22.7 Å². The van der Waals surface area contributed by atoms with Gasteiger partial charge in [-0.1, -0.05) is 29.5 Å². The lowest BCUT2D eigenvalue weighted by Gasteiger charge is -2.21. The third-order valence-electron chi connectivity index (χ3n) is 5.96. The number of para-hydroxylation sites is 1. The van der Waals surface area contributed by atoms with Crippen LogP contribution in [0.15, 0.2) is 36.4 Å². The summed E-state index contributed by atoms with van der Waals surface area (Å²) in [6.07, 6.45) is 2.99. The molecule has 8 nitrogen and oxygen atoms in total. The molecule has 2 atom stereocenters. The van der Waals surface area contributed by atoms with Crippen molar-refractivity contribution in [1.29, 1.82) is 0 Å². The summed E-state index contributed by atoms with van der Waals surface area (Å²) in [5, 5.41) is 11.6. The van der Waals surface area contributed by atoms with Crippen molar-refractivity contribution in [2.45, 2.75) is 37.3 Å². The van der Waals surface area contributed by atoms with Crippen LogP contribution in [0.5, 0.6) is 0 Å². The van der Waals surface area contributed by atoms with Gasteiger partial charge >= 0.3 is 0 Å². The Bertz CT molecular complexity index is 1230.